The molecule has 2 heterocycles. The van der Waals surface area contributed by atoms with E-state index in [1.54, 1.807) is 0 Å². The van der Waals surface area contributed by atoms with Gasteiger partial charge in [0.15, 0.2) is 4.77 Å². The van der Waals surface area contributed by atoms with Crippen molar-refractivity contribution in [2.75, 3.05) is 5.75 Å². The minimum atomic E-state index is 0.774. The van der Waals surface area contributed by atoms with E-state index in [0.717, 1.165) is 16.6 Å². The SMILES string of the molecule is S=c1[nH]ccn1CC1CCCCS1. The highest BCUT2D eigenvalue weighted by atomic mass is 32.2. The van der Waals surface area contributed by atoms with Crippen LogP contribution in [0.5, 0.6) is 0 Å². The van der Waals surface area contributed by atoms with Crippen molar-refractivity contribution in [1.82, 2.24) is 9.55 Å². The number of aromatic amines is 1. The maximum absolute atomic E-state index is 5.15. The number of hydrogen-bond donors (Lipinski definition) is 1. The van der Waals surface area contributed by atoms with Gasteiger partial charge in [-0.15, -0.1) is 0 Å². The summed E-state index contributed by atoms with van der Waals surface area (Å²) in [5, 5.41) is 0.774. The Hall–Kier alpha value is -0.220. The topological polar surface area (TPSA) is 20.7 Å². The third-order valence-corrected chi connectivity index (χ3v) is 4.13. The molecule has 1 N–H and O–H groups in total. The molecule has 1 aliphatic heterocycles. The number of H-pyrrole nitrogens is 1. The molecule has 2 rings (SSSR count). The molecule has 0 saturated carbocycles. The first kappa shape index (κ1) is 9.34. The first-order valence-corrected chi connectivity index (χ1v) is 6.17. The summed E-state index contributed by atoms with van der Waals surface area (Å²) in [6.45, 7) is 1.08. The van der Waals surface area contributed by atoms with Crippen LogP contribution in [0.3, 0.4) is 0 Å². The van der Waals surface area contributed by atoms with Gasteiger partial charge in [-0.3, -0.25) is 0 Å². The van der Waals surface area contributed by atoms with Gasteiger partial charge in [0, 0.05) is 24.2 Å². The molecule has 1 aromatic rings. The highest BCUT2D eigenvalue weighted by molar-refractivity contribution is 7.99. The Morgan fingerprint density at radius 2 is 2.54 bits per heavy atom. The molecule has 1 aliphatic rings. The van der Waals surface area contributed by atoms with E-state index in [1.165, 1.54) is 25.0 Å². The van der Waals surface area contributed by atoms with Crippen LogP contribution in [0.4, 0.5) is 0 Å². The van der Waals surface area contributed by atoms with Gasteiger partial charge in [-0.2, -0.15) is 11.8 Å². The number of imidazole rings is 1. The molecule has 72 valence electrons. The molecule has 0 aliphatic carbocycles. The number of rotatable bonds is 2. The molecule has 0 radical (unpaired) electrons. The van der Waals surface area contributed by atoms with Gasteiger partial charge in [0.25, 0.3) is 0 Å². The van der Waals surface area contributed by atoms with Gasteiger partial charge in [-0.05, 0) is 30.8 Å². The number of aromatic nitrogens is 2. The van der Waals surface area contributed by atoms with Crippen LogP contribution >= 0.6 is 24.0 Å². The Balaban J connectivity index is 1.97. The maximum atomic E-state index is 5.15. The lowest BCUT2D eigenvalue weighted by Gasteiger charge is -2.21. The predicted molar refractivity (Wildman–Crippen MR) is 59.7 cm³/mol. The Labute approximate surface area is 87.7 Å². The average molecular weight is 214 g/mol. The van der Waals surface area contributed by atoms with E-state index in [2.05, 4.69) is 21.3 Å². The summed E-state index contributed by atoms with van der Waals surface area (Å²) in [6, 6.07) is 0. The highest BCUT2D eigenvalue weighted by Gasteiger charge is 2.14. The molecule has 1 unspecified atom stereocenters. The van der Waals surface area contributed by atoms with E-state index in [4.69, 9.17) is 12.2 Å². The fraction of sp³-hybridized carbons (Fsp3) is 0.667. The molecule has 2 nitrogen and oxygen atoms in total. The molecule has 1 fully saturated rings. The van der Waals surface area contributed by atoms with Crippen molar-refractivity contribution in [3.05, 3.63) is 17.2 Å². The second kappa shape index (κ2) is 4.33. The molecule has 4 heteroatoms. The lowest BCUT2D eigenvalue weighted by Crippen LogP contribution is -2.16. The van der Waals surface area contributed by atoms with Crippen LogP contribution in [0.25, 0.3) is 0 Å². The molecule has 1 aromatic heterocycles. The third-order valence-electron chi connectivity index (χ3n) is 2.40. The fourth-order valence-electron chi connectivity index (χ4n) is 1.66. The summed E-state index contributed by atoms with van der Waals surface area (Å²) in [7, 11) is 0. The Morgan fingerprint density at radius 1 is 1.62 bits per heavy atom. The average Bonchev–Trinajstić information content (AvgIpc) is 2.54. The summed E-state index contributed by atoms with van der Waals surface area (Å²) < 4.78 is 2.99. The number of nitrogens with zero attached hydrogens (tertiary/aromatic N) is 1. The summed E-state index contributed by atoms with van der Waals surface area (Å²) in [5.41, 5.74) is 0. The first-order valence-electron chi connectivity index (χ1n) is 4.72. The third kappa shape index (κ3) is 2.38. The Kier molecular flexibility index (Phi) is 3.11. The van der Waals surface area contributed by atoms with Gasteiger partial charge in [0.1, 0.15) is 0 Å². The van der Waals surface area contributed by atoms with E-state index in [9.17, 15) is 0 Å². The van der Waals surface area contributed by atoms with E-state index >= 15 is 0 Å². The first-order chi connectivity index (χ1) is 6.36. The van der Waals surface area contributed by atoms with Crippen molar-refractivity contribution in [2.45, 2.75) is 31.1 Å². The van der Waals surface area contributed by atoms with Crippen molar-refractivity contribution >= 4 is 24.0 Å². The Bertz CT molecular complexity index is 309. The zero-order valence-electron chi connectivity index (χ0n) is 7.53. The van der Waals surface area contributed by atoms with Crippen molar-refractivity contribution in [1.29, 1.82) is 0 Å². The van der Waals surface area contributed by atoms with Crippen molar-refractivity contribution in [3.63, 3.8) is 0 Å². The molecule has 1 atom stereocenters. The van der Waals surface area contributed by atoms with Gasteiger partial charge in [0.05, 0.1) is 0 Å². The minimum Gasteiger partial charge on any atom is -0.337 e. The summed E-state index contributed by atoms with van der Waals surface area (Å²) in [5.74, 6) is 1.32. The van der Waals surface area contributed by atoms with Gasteiger partial charge >= 0.3 is 0 Å². The molecule has 0 amide bonds. The van der Waals surface area contributed by atoms with Crippen LogP contribution in [-0.2, 0) is 6.54 Å². The number of hydrogen-bond acceptors (Lipinski definition) is 2. The molecule has 0 bridgehead atoms. The van der Waals surface area contributed by atoms with Gasteiger partial charge in [0.2, 0.25) is 0 Å². The van der Waals surface area contributed by atoms with E-state index in [0.29, 0.717) is 0 Å². The van der Waals surface area contributed by atoms with E-state index in [1.807, 2.05) is 12.4 Å². The van der Waals surface area contributed by atoms with E-state index < -0.39 is 0 Å². The predicted octanol–water partition coefficient (Wildman–Crippen LogP) is 2.83. The molecule has 13 heavy (non-hydrogen) atoms. The van der Waals surface area contributed by atoms with Crippen LogP contribution in [-0.4, -0.2) is 20.6 Å². The van der Waals surface area contributed by atoms with Crippen LogP contribution < -0.4 is 0 Å². The van der Waals surface area contributed by atoms with Crippen LogP contribution in [0, 0.1) is 4.77 Å². The van der Waals surface area contributed by atoms with E-state index in [-0.39, 0.29) is 0 Å². The second-order valence-electron chi connectivity index (χ2n) is 3.41. The summed E-state index contributed by atoms with van der Waals surface area (Å²) >= 11 is 7.24. The van der Waals surface area contributed by atoms with Crippen molar-refractivity contribution < 1.29 is 0 Å². The fourth-order valence-corrected chi connectivity index (χ4v) is 3.17. The van der Waals surface area contributed by atoms with Crippen LogP contribution in [0.15, 0.2) is 12.4 Å². The standard InChI is InChI=1S/C9H14N2S2/c12-9-10-4-5-11(9)7-8-3-1-2-6-13-8/h4-5,8H,1-3,6-7H2,(H,10,12). The minimum absolute atomic E-state index is 0.774. The normalized spacial score (nSPS) is 23.2. The largest absolute Gasteiger partial charge is 0.337 e. The Morgan fingerprint density at radius 3 is 3.15 bits per heavy atom. The number of thioether (sulfide) groups is 1. The summed E-state index contributed by atoms with van der Waals surface area (Å²) in [6.07, 6.45) is 8.07. The van der Waals surface area contributed by atoms with Gasteiger partial charge in [-0.25, -0.2) is 0 Å². The zero-order valence-corrected chi connectivity index (χ0v) is 9.16. The lowest BCUT2D eigenvalue weighted by molar-refractivity contribution is 0.579. The maximum Gasteiger partial charge on any atom is 0.177 e. The second-order valence-corrected chi connectivity index (χ2v) is 5.20. The van der Waals surface area contributed by atoms with Crippen molar-refractivity contribution in [3.8, 4) is 0 Å². The van der Waals surface area contributed by atoms with Crippen LogP contribution in [0.2, 0.25) is 0 Å². The molecular weight excluding hydrogens is 200 g/mol. The molecule has 0 aromatic carbocycles. The van der Waals surface area contributed by atoms with Gasteiger partial charge < -0.3 is 9.55 Å². The number of nitrogens with one attached hydrogen (secondary N) is 1. The highest BCUT2D eigenvalue weighted by Crippen LogP contribution is 2.26. The molecular formula is C9H14N2S2. The zero-order chi connectivity index (χ0) is 9.10. The van der Waals surface area contributed by atoms with Crippen LogP contribution in [0.1, 0.15) is 19.3 Å². The smallest absolute Gasteiger partial charge is 0.177 e. The molecule has 0 spiro atoms. The lowest BCUT2D eigenvalue weighted by atomic mass is 10.2. The quantitative estimate of drug-likeness (QED) is 0.764. The molecule has 1 saturated heterocycles. The summed E-state index contributed by atoms with van der Waals surface area (Å²) in [4.78, 5) is 3.03. The van der Waals surface area contributed by atoms with Gasteiger partial charge in [-0.1, -0.05) is 6.42 Å². The monoisotopic (exact) mass is 214 g/mol. The van der Waals surface area contributed by atoms with Crippen molar-refractivity contribution in [2.24, 2.45) is 0 Å².